The monoisotopic (exact) mass is 434 g/mol. The fourth-order valence-electron chi connectivity index (χ4n) is 2.37. The lowest BCUT2D eigenvalue weighted by Crippen LogP contribution is -2.00. The summed E-state index contributed by atoms with van der Waals surface area (Å²) < 4.78 is 2.65. The molecule has 0 saturated heterocycles. The van der Waals surface area contributed by atoms with Gasteiger partial charge in [-0.25, -0.2) is 9.97 Å². The van der Waals surface area contributed by atoms with Crippen molar-refractivity contribution < 1.29 is 0 Å². The van der Waals surface area contributed by atoms with Gasteiger partial charge in [0, 0.05) is 10.7 Å². The summed E-state index contributed by atoms with van der Waals surface area (Å²) in [7, 11) is 0. The molecule has 3 aromatic heterocycles. The molecular weight excluding hydrogens is 427 g/mol. The average Bonchev–Trinajstić information content (AvgIpc) is 2.99. The third kappa shape index (κ3) is 3.18. The van der Waals surface area contributed by atoms with Crippen molar-refractivity contribution in [1.29, 1.82) is 0 Å². The van der Waals surface area contributed by atoms with Crippen molar-refractivity contribution in [3.8, 4) is 5.69 Å². The first-order valence-electron chi connectivity index (χ1n) is 7.16. The van der Waals surface area contributed by atoms with Crippen LogP contribution in [0.5, 0.6) is 0 Å². The molecule has 0 saturated carbocycles. The highest BCUT2D eigenvalue weighted by Crippen LogP contribution is 2.29. The first-order chi connectivity index (χ1) is 12.1. The number of benzene rings is 1. The van der Waals surface area contributed by atoms with Crippen LogP contribution in [0.4, 0.5) is 11.6 Å². The lowest BCUT2D eigenvalue weighted by atomic mass is 10.3. The normalized spacial score (nSPS) is 11.0. The molecule has 0 spiro atoms. The molecule has 0 aliphatic rings. The number of hydrogen-bond acceptors (Lipinski definition) is 5. The fourth-order valence-corrected chi connectivity index (χ4v) is 3.30. The van der Waals surface area contributed by atoms with Gasteiger partial charge in [-0.1, -0.05) is 33.6 Å². The molecular formula is C16H9BrCl2N6. The lowest BCUT2D eigenvalue weighted by Gasteiger charge is -2.08. The Morgan fingerprint density at radius 3 is 2.68 bits per heavy atom. The summed E-state index contributed by atoms with van der Waals surface area (Å²) in [5.41, 5.74) is 1.85. The Bertz CT molecular complexity index is 1070. The van der Waals surface area contributed by atoms with E-state index in [1.165, 1.54) is 0 Å². The highest BCUT2D eigenvalue weighted by molar-refractivity contribution is 9.10. The molecule has 124 valence electrons. The van der Waals surface area contributed by atoms with Gasteiger partial charge >= 0.3 is 0 Å². The number of pyridine rings is 1. The van der Waals surface area contributed by atoms with Gasteiger partial charge in [-0.2, -0.15) is 9.97 Å². The number of nitrogens with zero attached hydrogens (tertiary/aromatic N) is 5. The summed E-state index contributed by atoms with van der Waals surface area (Å²) in [5.74, 6) is 1.11. The summed E-state index contributed by atoms with van der Waals surface area (Å²) in [6, 6.07) is 11.1. The highest BCUT2D eigenvalue weighted by atomic mass is 79.9. The molecule has 4 aromatic rings. The van der Waals surface area contributed by atoms with E-state index < -0.39 is 0 Å². The van der Waals surface area contributed by atoms with Gasteiger partial charge in [-0.15, -0.1) is 0 Å². The fraction of sp³-hybridized carbons (Fsp3) is 0. The van der Waals surface area contributed by atoms with Crippen LogP contribution in [0.1, 0.15) is 0 Å². The molecule has 0 fully saturated rings. The number of halogens is 3. The molecule has 25 heavy (non-hydrogen) atoms. The summed E-state index contributed by atoms with van der Waals surface area (Å²) >= 11 is 15.9. The number of nitrogens with one attached hydrogen (secondary N) is 1. The third-order valence-corrected chi connectivity index (χ3v) is 4.41. The maximum atomic E-state index is 6.35. The summed E-state index contributed by atoms with van der Waals surface area (Å²) in [6.45, 7) is 0. The second-order valence-corrected chi connectivity index (χ2v) is 6.72. The van der Waals surface area contributed by atoms with E-state index in [0.29, 0.717) is 27.8 Å². The average molecular weight is 436 g/mol. The third-order valence-electron chi connectivity index (χ3n) is 3.45. The molecule has 0 radical (unpaired) electrons. The molecule has 0 amide bonds. The van der Waals surface area contributed by atoms with Crippen LogP contribution in [-0.4, -0.2) is 24.5 Å². The van der Waals surface area contributed by atoms with E-state index in [9.17, 15) is 0 Å². The maximum absolute atomic E-state index is 6.35. The zero-order chi connectivity index (χ0) is 17.4. The van der Waals surface area contributed by atoms with E-state index >= 15 is 0 Å². The molecule has 1 aromatic carbocycles. The Kier molecular flexibility index (Phi) is 4.29. The van der Waals surface area contributed by atoms with Crippen molar-refractivity contribution in [2.75, 3.05) is 5.32 Å². The van der Waals surface area contributed by atoms with Crippen LogP contribution in [-0.2, 0) is 0 Å². The second-order valence-electron chi connectivity index (χ2n) is 5.06. The van der Waals surface area contributed by atoms with Gasteiger partial charge in [0.1, 0.15) is 12.1 Å². The van der Waals surface area contributed by atoms with Gasteiger partial charge in [0.05, 0.1) is 10.7 Å². The highest BCUT2D eigenvalue weighted by Gasteiger charge is 2.15. The topological polar surface area (TPSA) is 68.5 Å². The van der Waals surface area contributed by atoms with Crippen molar-refractivity contribution in [3.05, 3.63) is 63.7 Å². The van der Waals surface area contributed by atoms with Crippen LogP contribution in [0.15, 0.2) is 53.4 Å². The van der Waals surface area contributed by atoms with E-state index in [4.69, 9.17) is 23.2 Å². The van der Waals surface area contributed by atoms with Crippen LogP contribution >= 0.6 is 39.1 Å². The number of aromatic nitrogens is 5. The van der Waals surface area contributed by atoms with Crippen LogP contribution in [0.3, 0.4) is 0 Å². The van der Waals surface area contributed by atoms with Gasteiger partial charge in [0.15, 0.2) is 17.0 Å². The van der Waals surface area contributed by atoms with Crippen molar-refractivity contribution in [3.63, 3.8) is 0 Å². The number of imidazole rings is 1. The SMILES string of the molecule is Clc1nc(Nc2ccccn2)c2ncn(-c3ccc(Br)cc3Cl)c2n1. The van der Waals surface area contributed by atoms with Crippen molar-refractivity contribution in [2.24, 2.45) is 0 Å². The number of fused-ring (bicyclic) bond motifs is 1. The van der Waals surface area contributed by atoms with Crippen molar-refractivity contribution in [1.82, 2.24) is 24.5 Å². The molecule has 0 atom stereocenters. The Hall–Kier alpha value is -2.22. The predicted molar refractivity (Wildman–Crippen MR) is 102 cm³/mol. The van der Waals surface area contributed by atoms with Crippen LogP contribution in [0.2, 0.25) is 10.3 Å². The minimum atomic E-state index is 0.0981. The number of hydrogen-bond donors (Lipinski definition) is 1. The van der Waals surface area contributed by atoms with E-state index in [1.54, 1.807) is 23.2 Å². The Morgan fingerprint density at radius 1 is 1.04 bits per heavy atom. The van der Waals surface area contributed by atoms with Gasteiger partial charge in [-0.05, 0) is 41.9 Å². The first-order valence-corrected chi connectivity index (χ1v) is 8.71. The summed E-state index contributed by atoms with van der Waals surface area (Å²) in [6.07, 6.45) is 3.32. The van der Waals surface area contributed by atoms with E-state index in [1.807, 2.05) is 30.3 Å². The molecule has 0 aliphatic carbocycles. The number of anilines is 2. The van der Waals surface area contributed by atoms with E-state index in [-0.39, 0.29) is 5.28 Å². The molecule has 9 heteroatoms. The summed E-state index contributed by atoms with van der Waals surface area (Å²) in [4.78, 5) is 17.2. The Labute approximate surface area is 161 Å². The predicted octanol–water partition coefficient (Wildman–Crippen LogP) is 5.02. The standard InChI is InChI=1S/C16H9BrCl2N6/c17-9-4-5-11(10(18)7-9)25-8-21-13-14(23-16(19)24-15(13)25)22-12-3-1-2-6-20-12/h1-8H,(H,20,22,23,24). The van der Waals surface area contributed by atoms with E-state index in [2.05, 4.69) is 41.2 Å². The molecule has 0 aliphatic heterocycles. The molecule has 3 heterocycles. The van der Waals surface area contributed by atoms with Gasteiger partial charge in [-0.3, -0.25) is 4.57 Å². The van der Waals surface area contributed by atoms with Crippen LogP contribution in [0.25, 0.3) is 16.9 Å². The smallest absolute Gasteiger partial charge is 0.226 e. The second kappa shape index (κ2) is 6.59. The molecule has 1 N–H and O–H groups in total. The Morgan fingerprint density at radius 2 is 1.92 bits per heavy atom. The molecule has 4 rings (SSSR count). The van der Waals surface area contributed by atoms with Crippen molar-refractivity contribution in [2.45, 2.75) is 0 Å². The minimum Gasteiger partial charge on any atom is -0.323 e. The van der Waals surface area contributed by atoms with Crippen LogP contribution in [0, 0.1) is 0 Å². The van der Waals surface area contributed by atoms with E-state index in [0.717, 1.165) is 10.2 Å². The summed E-state index contributed by atoms with van der Waals surface area (Å²) in [5, 5.41) is 3.77. The van der Waals surface area contributed by atoms with Crippen molar-refractivity contribution >= 4 is 61.9 Å². The zero-order valence-electron chi connectivity index (χ0n) is 12.5. The number of rotatable bonds is 3. The molecule has 0 unspecified atom stereocenters. The Balaban J connectivity index is 1.86. The maximum Gasteiger partial charge on any atom is 0.226 e. The first kappa shape index (κ1) is 16.3. The quantitative estimate of drug-likeness (QED) is 0.457. The van der Waals surface area contributed by atoms with Gasteiger partial charge < -0.3 is 5.32 Å². The molecule has 6 nitrogen and oxygen atoms in total. The van der Waals surface area contributed by atoms with Gasteiger partial charge in [0.25, 0.3) is 0 Å². The minimum absolute atomic E-state index is 0.0981. The van der Waals surface area contributed by atoms with Crippen LogP contribution < -0.4 is 5.32 Å². The molecule has 0 bridgehead atoms. The lowest BCUT2D eigenvalue weighted by molar-refractivity contribution is 1.06. The van der Waals surface area contributed by atoms with Gasteiger partial charge in [0.2, 0.25) is 5.28 Å². The largest absolute Gasteiger partial charge is 0.323 e. The zero-order valence-corrected chi connectivity index (χ0v) is 15.6.